The predicted molar refractivity (Wildman–Crippen MR) is 36.6 cm³/mol. The van der Waals surface area contributed by atoms with Gasteiger partial charge in [0.15, 0.2) is 0 Å². The van der Waals surface area contributed by atoms with Gasteiger partial charge in [-0.1, -0.05) is 0 Å². The molecule has 0 bridgehead atoms. The third-order valence-electron chi connectivity index (χ3n) is 0.884. The van der Waals surface area contributed by atoms with Crippen LogP contribution < -0.4 is 11.5 Å². The molecule has 0 unspecified atom stereocenters. The van der Waals surface area contributed by atoms with E-state index < -0.39 is 0 Å². The number of thiophene rings is 1. The predicted octanol–water partition coefficient (Wildman–Crippen LogP) is 0.789. The number of nitrogens with two attached hydrogens (primary N) is 2. The van der Waals surface area contributed by atoms with Crippen molar-refractivity contribution in [2.45, 2.75) is 6.54 Å². The quantitative estimate of drug-likeness (QED) is 0.587. The van der Waals surface area contributed by atoms with Crippen molar-refractivity contribution in [3.05, 3.63) is 17.0 Å². The van der Waals surface area contributed by atoms with Crippen LogP contribution in [0.4, 0.5) is 5.00 Å². The molecule has 0 saturated heterocycles. The smallest absolute Gasteiger partial charge is 0.0859 e. The van der Waals surface area contributed by atoms with Crippen molar-refractivity contribution in [2.75, 3.05) is 5.73 Å². The largest absolute Gasteiger partial charge is 0.391 e. The van der Waals surface area contributed by atoms with Crippen LogP contribution in [0.5, 0.6) is 0 Å². The van der Waals surface area contributed by atoms with Gasteiger partial charge in [0.25, 0.3) is 0 Å². The number of hydrogen-bond acceptors (Lipinski definition) is 3. The minimum atomic E-state index is 0.599. The van der Waals surface area contributed by atoms with Gasteiger partial charge in [-0.25, -0.2) is 0 Å². The molecule has 0 fully saturated rings. The maximum absolute atomic E-state index is 5.42. The van der Waals surface area contributed by atoms with E-state index in [9.17, 15) is 0 Å². The van der Waals surface area contributed by atoms with E-state index in [0.717, 1.165) is 9.88 Å². The molecule has 0 spiro atoms. The van der Waals surface area contributed by atoms with Crippen molar-refractivity contribution >= 4 is 16.3 Å². The maximum atomic E-state index is 5.42. The molecule has 44 valence electrons. The first-order valence-electron chi connectivity index (χ1n) is 2.37. The molecule has 3 heteroatoms. The Hall–Kier alpha value is -0.540. The minimum absolute atomic E-state index is 0.599. The van der Waals surface area contributed by atoms with Crippen molar-refractivity contribution in [1.82, 2.24) is 0 Å². The highest BCUT2D eigenvalue weighted by molar-refractivity contribution is 7.15. The highest BCUT2D eigenvalue weighted by Crippen LogP contribution is 2.16. The van der Waals surface area contributed by atoms with Gasteiger partial charge in [-0.15, -0.1) is 11.3 Å². The van der Waals surface area contributed by atoms with Crippen LogP contribution in [0.25, 0.3) is 0 Å². The van der Waals surface area contributed by atoms with Gasteiger partial charge >= 0.3 is 0 Å². The summed E-state index contributed by atoms with van der Waals surface area (Å²) in [6, 6.07) is 3.81. The minimum Gasteiger partial charge on any atom is -0.391 e. The molecule has 0 atom stereocenters. The molecule has 0 aliphatic carbocycles. The van der Waals surface area contributed by atoms with Crippen LogP contribution >= 0.6 is 11.3 Å². The van der Waals surface area contributed by atoms with Crippen LogP contribution in [0.15, 0.2) is 12.1 Å². The van der Waals surface area contributed by atoms with Crippen molar-refractivity contribution < 1.29 is 0 Å². The van der Waals surface area contributed by atoms with Gasteiger partial charge in [0.2, 0.25) is 0 Å². The lowest BCUT2D eigenvalue weighted by Crippen LogP contribution is -1.91. The third-order valence-corrected chi connectivity index (χ3v) is 1.82. The summed E-state index contributed by atoms with van der Waals surface area (Å²) in [5, 5.41) is 0.838. The van der Waals surface area contributed by atoms with E-state index in [1.54, 1.807) is 11.3 Å². The zero-order valence-corrected chi connectivity index (χ0v) is 5.24. The lowest BCUT2D eigenvalue weighted by atomic mass is 10.5. The van der Waals surface area contributed by atoms with Crippen LogP contribution in [0.1, 0.15) is 4.88 Å². The number of hydrogen-bond donors (Lipinski definition) is 2. The molecule has 8 heavy (non-hydrogen) atoms. The van der Waals surface area contributed by atoms with Crippen molar-refractivity contribution in [2.24, 2.45) is 5.73 Å². The van der Waals surface area contributed by atoms with Crippen molar-refractivity contribution in [3.63, 3.8) is 0 Å². The van der Waals surface area contributed by atoms with Crippen LogP contribution in [0, 0.1) is 0 Å². The Bertz CT molecular complexity index is 171. The summed E-state index contributed by atoms with van der Waals surface area (Å²) >= 11 is 1.54. The van der Waals surface area contributed by atoms with E-state index in [4.69, 9.17) is 11.5 Å². The topological polar surface area (TPSA) is 52.0 Å². The molecule has 0 radical (unpaired) electrons. The number of rotatable bonds is 1. The van der Waals surface area contributed by atoms with Crippen molar-refractivity contribution in [1.29, 1.82) is 0 Å². The summed E-state index contributed by atoms with van der Waals surface area (Å²) in [4.78, 5) is 1.14. The molecule has 2 nitrogen and oxygen atoms in total. The molecule has 0 aliphatic rings. The second-order valence-corrected chi connectivity index (χ2v) is 2.71. The van der Waals surface area contributed by atoms with Gasteiger partial charge in [-0.3, -0.25) is 0 Å². The van der Waals surface area contributed by atoms with E-state index in [1.165, 1.54) is 0 Å². The standard InChI is InChI=1S/C5H8N2S/c6-3-4-1-2-5(7)8-4/h1-2H,3,6-7H2. The fraction of sp³-hybridized carbons (Fsp3) is 0.200. The molecule has 0 amide bonds. The van der Waals surface area contributed by atoms with Crippen LogP contribution in [0.2, 0.25) is 0 Å². The monoisotopic (exact) mass is 128 g/mol. The SMILES string of the molecule is NCc1ccc(N)s1. The summed E-state index contributed by atoms with van der Waals surface area (Å²) < 4.78 is 0. The molecular formula is C5H8N2S. The zero-order chi connectivity index (χ0) is 5.98. The Balaban J connectivity index is 2.84. The Morgan fingerprint density at radius 3 is 2.50 bits per heavy atom. The molecule has 0 saturated carbocycles. The second-order valence-electron chi connectivity index (χ2n) is 1.51. The summed E-state index contributed by atoms with van der Waals surface area (Å²) in [6.07, 6.45) is 0. The highest BCUT2D eigenvalue weighted by Gasteiger charge is 1.90. The number of nitrogen functional groups attached to an aromatic ring is 1. The van der Waals surface area contributed by atoms with Gasteiger partial charge in [-0.05, 0) is 12.1 Å². The fourth-order valence-corrected chi connectivity index (χ4v) is 1.16. The third kappa shape index (κ3) is 0.993. The molecule has 0 aromatic carbocycles. The summed E-state index contributed by atoms with van der Waals surface area (Å²) in [7, 11) is 0. The van der Waals surface area contributed by atoms with Crippen molar-refractivity contribution in [3.8, 4) is 0 Å². The maximum Gasteiger partial charge on any atom is 0.0859 e. The highest BCUT2D eigenvalue weighted by atomic mass is 32.1. The Morgan fingerprint density at radius 2 is 2.25 bits per heavy atom. The summed E-state index contributed by atoms with van der Waals surface area (Å²) in [6.45, 7) is 0.599. The van der Waals surface area contributed by atoms with E-state index in [2.05, 4.69) is 0 Å². The van der Waals surface area contributed by atoms with Gasteiger partial charge in [-0.2, -0.15) is 0 Å². The molecule has 1 aromatic heterocycles. The average Bonchev–Trinajstić information content (AvgIpc) is 2.14. The Morgan fingerprint density at radius 1 is 1.50 bits per heavy atom. The van der Waals surface area contributed by atoms with E-state index in [-0.39, 0.29) is 0 Å². The van der Waals surface area contributed by atoms with Crippen LogP contribution in [-0.4, -0.2) is 0 Å². The molecule has 1 aromatic rings. The molecule has 1 rings (SSSR count). The fourth-order valence-electron chi connectivity index (χ4n) is 0.504. The molecule has 0 aliphatic heterocycles. The van der Waals surface area contributed by atoms with Gasteiger partial charge < -0.3 is 11.5 Å². The first kappa shape index (κ1) is 5.59. The Labute approximate surface area is 52.1 Å². The lowest BCUT2D eigenvalue weighted by molar-refractivity contribution is 1.11. The summed E-state index contributed by atoms with van der Waals surface area (Å²) in [5.41, 5.74) is 10.7. The average molecular weight is 128 g/mol. The van der Waals surface area contributed by atoms with Gasteiger partial charge in [0.1, 0.15) is 0 Å². The Kier molecular flexibility index (Phi) is 1.50. The first-order chi connectivity index (χ1) is 3.83. The van der Waals surface area contributed by atoms with Crippen LogP contribution in [-0.2, 0) is 6.54 Å². The lowest BCUT2D eigenvalue weighted by Gasteiger charge is -1.81. The van der Waals surface area contributed by atoms with Gasteiger partial charge in [0, 0.05) is 11.4 Å². The molecule has 1 heterocycles. The summed E-state index contributed by atoms with van der Waals surface area (Å²) in [5.74, 6) is 0. The number of anilines is 1. The first-order valence-corrected chi connectivity index (χ1v) is 3.19. The van der Waals surface area contributed by atoms with E-state index in [0.29, 0.717) is 6.54 Å². The normalized spacial score (nSPS) is 9.62. The zero-order valence-electron chi connectivity index (χ0n) is 4.42. The van der Waals surface area contributed by atoms with E-state index in [1.807, 2.05) is 12.1 Å². The molecule has 4 N–H and O–H groups in total. The van der Waals surface area contributed by atoms with E-state index >= 15 is 0 Å². The van der Waals surface area contributed by atoms with Gasteiger partial charge in [0.05, 0.1) is 5.00 Å². The molecular weight excluding hydrogens is 120 g/mol. The second kappa shape index (κ2) is 2.15. The van der Waals surface area contributed by atoms with Crippen LogP contribution in [0.3, 0.4) is 0 Å².